The van der Waals surface area contributed by atoms with Crippen LogP contribution in [-0.2, 0) is 27.2 Å². The highest BCUT2D eigenvalue weighted by atomic mass is 79.9. The number of nitrogens with zero attached hydrogens (tertiary/aromatic N) is 1. The summed E-state index contributed by atoms with van der Waals surface area (Å²) in [6.45, 7) is 2.87. The van der Waals surface area contributed by atoms with Crippen molar-refractivity contribution in [3.8, 4) is 11.5 Å². The van der Waals surface area contributed by atoms with Crippen LogP contribution in [0.25, 0.3) is 0 Å². The van der Waals surface area contributed by atoms with E-state index in [2.05, 4.69) is 35.0 Å². The Hall–Kier alpha value is -3.32. The highest BCUT2D eigenvalue weighted by Crippen LogP contribution is 2.30. The molecule has 0 unspecified atom stereocenters. The molecule has 0 fully saturated rings. The fourth-order valence-corrected chi connectivity index (χ4v) is 4.02. The molecule has 7 heteroatoms. The quantitative estimate of drug-likeness (QED) is 0.305. The molecule has 3 aromatic carbocycles. The number of amides is 1. The monoisotopic (exact) mass is 525 g/mol. The predicted molar refractivity (Wildman–Crippen MR) is 134 cm³/mol. The van der Waals surface area contributed by atoms with Gasteiger partial charge in [-0.05, 0) is 47.4 Å². The van der Waals surface area contributed by atoms with Crippen LogP contribution in [-0.4, -0.2) is 37.7 Å². The van der Waals surface area contributed by atoms with Gasteiger partial charge in [0.15, 0.2) is 0 Å². The first-order chi connectivity index (χ1) is 16.4. The third-order valence-electron chi connectivity index (χ3n) is 5.38. The van der Waals surface area contributed by atoms with Gasteiger partial charge in [0.25, 0.3) is 0 Å². The highest BCUT2D eigenvalue weighted by Gasteiger charge is 2.21. The zero-order chi connectivity index (χ0) is 24.5. The van der Waals surface area contributed by atoms with Crippen molar-refractivity contribution in [2.45, 2.75) is 25.8 Å². The Morgan fingerprint density at radius 2 is 1.71 bits per heavy atom. The van der Waals surface area contributed by atoms with Gasteiger partial charge in [-0.15, -0.1) is 0 Å². The summed E-state index contributed by atoms with van der Waals surface area (Å²) in [5.41, 5.74) is 2.75. The number of benzene rings is 3. The zero-order valence-electron chi connectivity index (χ0n) is 19.5. The summed E-state index contributed by atoms with van der Waals surface area (Å²) >= 11 is 3.52. The topological polar surface area (TPSA) is 65.1 Å². The van der Waals surface area contributed by atoms with E-state index < -0.39 is 6.09 Å². The second-order valence-corrected chi connectivity index (χ2v) is 8.83. The van der Waals surface area contributed by atoms with Gasteiger partial charge in [-0.25, -0.2) is 4.79 Å². The number of hydrogen-bond donors (Lipinski definition) is 0. The molecule has 0 heterocycles. The lowest BCUT2D eigenvalue weighted by atomic mass is 10.0. The van der Waals surface area contributed by atoms with Crippen molar-refractivity contribution in [3.05, 3.63) is 94.0 Å². The van der Waals surface area contributed by atoms with Crippen LogP contribution in [0.2, 0.25) is 0 Å². The summed E-state index contributed by atoms with van der Waals surface area (Å²) in [6.07, 6.45) is -0.247. The average molecular weight is 526 g/mol. The number of ether oxygens (including phenoxy) is 3. The van der Waals surface area contributed by atoms with Crippen molar-refractivity contribution in [2.75, 3.05) is 20.8 Å². The van der Waals surface area contributed by atoms with E-state index in [9.17, 15) is 9.59 Å². The minimum atomic E-state index is -0.409. The molecule has 0 aromatic heterocycles. The summed E-state index contributed by atoms with van der Waals surface area (Å²) in [4.78, 5) is 25.9. The molecule has 178 valence electrons. The Kier molecular flexibility index (Phi) is 9.10. The van der Waals surface area contributed by atoms with Crippen LogP contribution in [0.3, 0.4) is 0 Å². The normalized spacial score (nSPS) is 11.4. The molecular formula is C27H28BrNO5. The molecule has 34 heavy (non-hydrogen) atoms. The van der Waals surface area contributed by atoms with Crippen molar-refractivity contribution in [3.63, 3.8) is 0 Å². The molecule has 0 radical (unpaired) electrons. The number of carbonyl (C=O) groups is 2. The number of esters is 1. The lowest BCUT2D eigenvalue weighted by Crippen LogP contribution is -2.33. The third-order valence-corrected chi connectivity index (χ3v) is 5.88. The predicted octanol–water partition coefficient (Wildman–Crippen LogP) is 6.33. The SMILES string of the molecule is COC(=O)Cc1cccc(Oc2ccc(Br)cc2CN(C[C@@H](C)c2ccccc2)C(=O)OC)c1. The lowest BCUT2D eigenvalue weighted by Gasteiger charge is -2.26. The Labute approximate surface area is 208 Å². The molecule has 6 nitrogen and oxygen atoms in total. The molecule has 3 rings (SSSR count). The largest absolute Gasteiger partial charge is 0.469 e. The zero-order valence-corrected chi connectivity index (χ0v) is 21.1. The van der Waals surface area contributed by atoms with E-state index in [1.807, 2.05) is 54.6 Å². The first-order valence-electron chi connectivity index (χ1n) is 10.9. The summed E-state index contributed by atoms with van der Waals surface area (Å²) in [5, 5.41) is 0. The van der Waals surface area contributed by atoms with E-state index in [-0.39, 0.29) is 18.3 Å². The highest BCUT2D eigenvalue weighted by molar-refractivity contribution is 9.10. The van der Waals surface area contributed by atoms with E-state index in [1.165, 1.54) is 14.2 Å². The van der Waals surface area contributed by atoms with Gasteiger partial charge in [0.1, 0.15) is 11.5 Å². The summed E-state index contributed by atoms with van der Waals surface area (Å²) in [7, 11) is 2.75. The number of carbonyl (C=O) groups excluding carboxylic acids is 2. The molecule has 1 amide bonds. The smallest absolute Gasteiger partial charge is 0.409 e. The van der Waals surface area contributed by atoms with Crippen molar-refractivity contribution in [1.82, 2.24) is 4.90 Å². The fraction of sp³-hybridized carbons (Fsp3) is 0.259. The second kappa shape index (κ2) is 12.2. The number of hydrogen-bond acceptors (Lipinski definition) is 5. The van der Waals surface area contributed by atoms with Crippen LogP contribution in [0, 0.1) is 0 Å². The molecule has 0 bridgehead atoms. The Balaban J connectivity index is 1.83. The second-order valence-electron chi connectivity index (χ2n) is 7.92. The number of halogens is 1. The van der Waals surface area contributed by atoms with Crippen LogP contribution in [0.1, 0.15) is 29.5 Å². The van der Waals surface area contributed by atoms with E-state index in [0.717, 1.165) is 21.2 Å². The van der Waals surface area contributed by atoms with Gasteiger partial charge in [-0.1, -0.05) is 65.3 Å². The van der Waals surface area contributed by atoms with Crippen LogP contribution in [0.15, 0.2) is 77.3 Å². The summed E-state index contributed by atoms with van der Waals surface area (Å²) in [5.74, 6) is 1.00. The maximum absolute atomic E-state index is 12.6. The van der Waals surface area contributed by atoms with Crippen LogP contribution in [0.5, 0.6) is 11.5 Å². The maximum atomic E-state index is 12.6. The fourth-order valence-electron chi connectivity index (χ4n) is 3.61. The van der Waals surface area contributed by atoms with Crippen LogP contribution in [0.4, 0.5) is 4.79 Å². The van der Waals surface area contributed by atoms with E-state index in [1.54, 1.807) is 11.0 Å². The molecule has 0 aliphatic heterocycles. The minimum absolute atomic E-state index is 0.117. The average Bonchev–Trinajstić information content (AvgIpc) is 2.85. The van der Waals surface area contributed by atoms with Gasteiger partial charge in [-0.3, -0.25) is 4.79 Å². The molecule has 0 aliphatic carbocycles. The standard InChI is InChI=1S/C27H28BrNO5/c1-19(21-9-5-4-6-10-21)17-29(27(31)33-3)18-22-16-23(28)12-13-25(22)34-24-11-7-8-20(14-24)15-26(30)32-2/h4-14,16,19H,15,17-18H2,1-3H3/t19-/m1/s1. The first-order valence-corrected chi connectivity index (χ1v) is 11.7. The van der Waals surface area contributed by atoms with Crippen LogP contribution < -0.4 is 4.74 Å². The maximum Gasteiger partial charge on any atom is 0.409 e. The Bertz CT molecular complexity index is 1120. The van der Waals surface area contributed by atoms with Crippen molar-refractivity contribution >= 4 is 28.0 Å². The molecule has 0 spiro atoms. The molecule has 0 saturated heterocycles. The number of rotatable bonds is 9. The van der Waals surface area contributed by atoms with Gasteiger partial charge < -0.3 is 19.1 Å². The van der Waals surface area contributed by atoms with Crippen molar-refractivity contribution in [1.29, 1.82) is 0 Å². The summed E-state index contributed by atoms with van der Waals surface area (Å²) < 4.78 is 16.9. The molecule has 3 aromatic rings. The molecule has 0 N–H and O–H groups in total. The molecular weight excluding hydrogens is 498 g/mol. The van der Waals surface area contributed by atoms with E-state index in [0.29, 0.717) is 24.6 Å². The van der Waals surface area contributed by atoms with Gasteiger partial charge >= 0.3 is 12.1 Å². The Morgan fingerprint density at radius 3 is 2.41 bits per heavy atom. The van der Waals surface area contributed by atoms with Crippen LogP contribution >= 0.6 is 15.9 Å². The molecule has 0 aliphatic rings. The van der Waals surface area contributed by atoms with Gasteiger partial charge in [-0.2, -0.15) is 0 Å². The molecule has 1 atom stereocenters. The van der Waals surface area contributed by atoms with Gasteiger partial charge in [0.05, 0.1) is 27.2 Å². The minimum Gasteiger partial charge on any atom is -0.469 e. The van der Waals surface area contributed by atoms with E-state index >= 15 is 0 Å². The molecule has 0 saturated carbocycles. The summed E-state index contributed by atoms with van der Waals surface area (Å²) in [6, 6.07) is 23.0. The lowest BCUT2D eigenvalue weighted by molar-refractivity contribution is -0.139. The number of methoxy groups -OCH3 is 2. The third kappa shape index (κ3) is 7.09. The first kappa shape index (κ1) is 25.3. The van der Waals surface area contributed by atoms with Gasteiger partial charge in [0.2, 0.25) is 0 Å². The van der Waals surface area contributed by atoms with E-state index in [4.69, 9.17) is 14.2 Å². The van der Waals surface area contributed by atoms with Crippen molar-refractivity contribution < 1.29 is 23.8 Å². The van der Waals surface area contributed by atoms with Crippen molar-refractivity contribution in [2.24, 2.45) is 0 Å². The van der Waals surface area contributed by atoms with Gasteiger partial charge in [0, 0.05) is 16.6 Å². The Morgan fingerprint density at radius 1 is 0.941 bits per heavy atom.